The van der Waals surface area contributed by atoms with Crippen molar-refractivity contribution in [3.05, 3.63) is 35.9 Å². The third-order valence-corrected chi connectivity index (χ3v) is 4.12. The quantitative estimate of drug-likeness (QED) is 0.865. The number of piperazine rings is 1. The van der Waals surface area contributed by atoms with Gasteiger partial charge in [0.05, 0.1) is 0 Å². The zero-order valence-corrected chi connectivity index (χ0v) is 13.7. The van der Waals surface area contributed by atoms with E-state index < -0.39 is 12.0 Å². The van der Waals surface area contributed by atoms with E-state index in [4.69, 9.17) is 5.11 Å². The van der Waals surface area contributed by atoms with Crippen molar-refractivity contribution in [1.29, 1.82) is 0 Å². The molecule has 23 heavy (non-hydrogen) atoms. The highest BCUT2D eigenvalue weighted by Gasteiger charge is 2.27. The van der Waals surface area contributed by atoms with Crippen molar-refractivity contribution >= 4 is 12.0 Å². The molecule has 1 heterocycles. The minimum Gasteiger partial charge on any atom is -0.480 e. The van der Waals surface area contributed by atoms with E-state index in [1.54, 1.807) is 18.7 Å². The van der Waals surface area contributed by atoms with Crippen LogP contribution in [0.25, 0.3) is 0 Å². The Kier molecular flexibility index (Phi) is 5.98. The highest BCUT2D eigenvalue weighted by Crippen LogP contribution is 2.09. The fourth-order valence-electron chi connectivity index (χ4n) is 2.69. The molecular weight excluding hydrogens is 294 g/mol. The lowest BCUT2D eigenvalue weighted by Crippen LogP contribution is -2.55. The molecule has 0 spiro atoms. The Labute approximate surface area is 137 Å². The smallest absolute Gasteiger partial charge is 0.326 e. The van der Waals surface area contributed by atoms with E-state index in [-0.39, 0.29) is 11.9 Å². The summed E-state index contributed by atoms with van der Waals surface area (Å²) in [6.07, 6.45) is 0. The van der Waals surface area contributed by atoms with Crippen molar-refractivity contribution in [3.63, 3.8) is 0 Å². The number of nitrogens with one attached hydrogen (secondary N) is 1. The van der Waals surface area contributed by atoms with Crippen molar-refractivity contribution in [2.75, 3.05) is 26.2 Å². The first kappa shape index (κ1) is 17.3. The summed E-state index contributed by atoms with van der Waals surface area (Å²) in [7, 11) is 0. The van der Waals surface area contributed by atoms with Gasteiger partial charge in [-0.3, -0.25) is 4.90 Å². The molecule has 1 saturated heterocycles. The van der Waals surface area contributed by atoms with Crippen LogP contribution in [0.2, 0.25) is 0 Å². The summed E-state index contributed by atoms with van der Waals surface area (Å²) in [6, 6.07) is 9.11. The van der Waals surface area contributed by atoms with Crippen LogP contribution < -0.4 is 5.32 Å². The van der Waals surface area contributed by atoms with Crippen LogP contribution >= 0.6 is 0 Å². The van der Waals surface area contributed by atoms with Crippen molar-refractivity contribution in [1.82, 2.24) is 15.1 Å². The number of benzene rings is 1. The van der Waals surface area contributed by atoms with Crippen LogP contribution in [0.3, 0.4) is 0 Å². The topological polar surface area (TPSA) is 72.9 Å². The summed E-state index contributed by atoms with van der Waals surface area (Å²) in [6.45, 7) is 7.27. The molecule has 6 heteroatoms. The summed E-state index contributed by atoms with van der Waals surface area (Å²) < 4.78 is 0. The predicted molar refractivity (Wildman–Crippen MR) is 88.1 cm³/mol. The summed E-state index contributed by atoms with van der Waals surface area (Å²) in [5, 5.41) is 11.8. The van der Waals surface area contributed by atoms with Crippen LogP contribution in [-0.4, -0.2) is 59.1 Å². The minimum absolute atomic E-state index is 0.143. The number of urea groups is 1. The second kappa shape index (κ2) is 7.97. The molecule has 0 radical (unpaired) electrons. The third kappa shape index (κ3) is 4.96. The Morgan fingerprint density at radius 1 is 1.13 bits per heavy atom. The van der Waals surface area contributed by atoms with Gasteiger partial charge in [-0.05, 0) is 11.5 Å². The van der Waals surface area contributed by atoms with Gasteiger partial charge in [0.25, 0.3) is 0 Å². The molecule has 0 aliphatic carbocycles. The zero-order valence-electron chi connectivity index (χ0n) is 13.7. The zero-order chi connectivity index (χ0) is 16.8. The van der Waals surface area contributed by atoms with E-state index in [1.165, 1.54) is 5.56 Å². The molecule has 2 rings (SSSR count). The molecule has 6 nitrogen and oxygen atoms in total. The first-order valence-corrected chi connectivity index (χ1v) is 8.02. The van der Waals surface area contributed by atoms with Gasteiger partial charge in [0.1, 0.15) is 6.04 Å². The monoisotopic (exact) mass is 319 g/mol. The molecule has 1 aliphatic heterocycles. The van der Waals surface area contributed by atoms with E-state index in [2.05, 4.69) is 22.3 Å². The summed E-state index contributed by atoms with van der Waals surface area (Å²) in [4.78, 5) is 27.4. The molecule has 0 unspecified atom stereocenters. The Hall–Kier alpha value is -2.08. The average molecular weight is 319 g/mol. The number of amides is 2. The lowest BCUT2D eigenvalue weighted by atomic mass is 10.1. The number of carbonyl (C=O) groups is 2. The van der Waals surface area contributed by atoms with Crippen molar-refractivity contribution in [2.24, 2.45) is 5.92 Å². The fourth-order valence-corrected chi connectivity index (χ4v) is 2.69. The number of carbonyl (C=O) groups excluding carboxylic acids is 1. The van der Waals surface area contributed by atoms with Crippen LogP contribution in [0.4, 0.5) is 4.79 Å². The standard InChI is InChI=1S/C17H25N3O3/c1-13(2)15(16(21)22)18-17(23)20-10-8-19(9-11-20)12-14-6-4-3-5-7-14/h3-7,13,15H,8-12H2,1-2H3,(H,18,23)(H,21,22)/t15-/m0/s1. The van der Waals surface area contributed by atoms with E-state index in [9.17, 15) is 9.59 Å². The van der Waals surface area contributed by atoms with E-state index in [0.717, 1.165) is 19.6 Å². The van der Waals surface area contributed by atoms with Gasteiger partial charge < -0.3 is 15.3 Å². The Morgan fingerprint density at radius 3 is 2.26 bits per heavy atom. The minimum atomic E-state index is -0.990. The molecule has 0 aromatic heterocycles. The molecule has 1 fully saturated rings. The summed E-state index contributed by atoms with van der Waals surface area (Å²) >= 11 is 0. The molecule has 126 valence electrons. The molecule has 1 atom stereocenters. The van der Waals surface area contributed by atoms with Crippen LogP contribution in [0.1, 0.15) is 19.4 Å². The molecule has 2 amide bonds. The van der Waals surface area contributed by atoms with Gasteiger partial charge in [0.15, 0.2) is 0 Å². The van der Waals surface area contributed by atoms with E-state index >= 15 is 0 Å². The lowest BCUT2D eigenvalue weighted by Gasteiger charge is -2.35. The molecule has 1 aromatic rings. The second-order valence-corrected chi connectivity index (χ2v) is 6.26. The van der Waals surface area contributed by atoms with Gasteiger partial charge in [-0.15, -0.1) is 0 Å². The molecule has 0 saturated carbocycles. The molecule has 1 aliphatic rings. The molecule has 0 bridgehead atoms. The van der Waals surface area contributed by atoms with E-state index in [1.807, 2.05) is 18.2 Å². The molecular formula is C17H25N3O3. The van der Waals surface area contributed by atoms with Crippen LogP contribution in [-0.2, 0) is 11.3 Å². The molecule has 1 aromatic carbocycles. The summed E-state index contributed by atoms with van der Waals surface area (Å²) in [5.74, 6) is -1.13. The number of hydrogen-bond donors (Lipinski definition) is 2. The molecule has 2 N–H and O–H groups in total. The van der Waals surface area contributed by atoms with Gasteiger partial charge in [0.2, 0.25) is 0 Å². The highest BCUT2D eigenvalue weighted by atomic mass is 16.4. The maximum atomic E-state index is 12.2. The van der Waals surface area contributed by atoms with Gasteiger partial charge >= 0.3 is 12.0 Å². The van der Waals surface area contributed by atoms with Crippen LogP contribution in [0, 0.1) is 5.92 Å². The Balaban J connectivity index is 1.81. The van der Waals surface area contributed by atoms with Gasteiger partial charge in [-0.2, -0.15) is 0 Å². The number of hydrogen-bond acceptors (Lipinski definition) is 3. The summed E-state index contributed by atoms with van der Waals surface area (Å²) in [5.41, 5.74) is 1.26. The number of carboxylic acids is 1. The van der Waals surface area contributed by atoms with Gasteiger partial charge in [-0.25, -0.2) is 9.59 Å². The van der Waals surface area contributed by atoms with Crippen LogP contribution in [0.15, 0.2) is 30.3 Å². The Morgan fingerprint density at radius 2 is 1.74 bits per heavy atom. The average Bonchev–Trinajstić information content (AvgIpc) is 2.53. The van der Waals surface area contributed by atoms with Gasteiger partial charge in [-0.1, -0.05) is 44.2 Å². The van der Waals surface area contributed by atoms with Crippen molar-refractivity contribution < 1.29 is 14.7 Å². The Bertz CT molecular complexity index is 525. The van der Waals surface area contributed by atoms with Crippen LogP contribution in [0.5, 0.6) is 0 Å². The number of rotatable bonds is 5. The number of nitrogens with zero attached hydrogens (tertiary/aromatic N) is 2. The number of aliphatic carboxylic acids is 1. The first-order chi connectivity index (χ1) is 11.0. The normalized spacial score (nSPS) is 17.1. The number of carboxylic acid groups (broad SMARTS) is 1. The maximum absolute atomic E-state index is 12.2. The van der Waals surface area contributed by atoms with E-state index in [0.29, 0.717) is 13.1 Å². The van der Waals surface area contributed by atoms with Crippen molar-refractivity contribution in [3.8, 4) is 0 Å². The lowest BCUT2D eigenvalue weighted by molar-refractivity contribution is -0.140. The largest absolute Gasteiger partial charge is 0.480 e. The SMILES string of the molecule is CC(C)[C@H](NC(=O)N1CCN(Cc2ccccc2)CC1)C(=O)O. The third-order valence-electron chi connectivity index (χ3n) is 4.12. The first-order valence-electron chi connectivity index (χ1n) is 8.02. The van der Waals surface area contributed by atoms with Crippen molar-refractivity contribution in [2.45, 2.75) is 26.4 Å². The van der Waals surface area contributed by atoms with Gasteiger partial charge in [0, 0.05) is 32.7 Å². The fraction of sp³-hybridized carbons (Fsp3) is 0.529. The highest BCUT2D eigenvalue weighted by molar-refractivity contribution is 5.82. The predicted octanol–water partition coefficient (Wildman–Crippen LogP) is 1.62. The second-order valence-electron chi connectivity index (χ2n) is 6.26. The maximum Gasteiger partial charge on any atom is 0.326 e.